The van der Waals surface area contributed by atoms with E-state index in [1.54, 1.807) is 7.11 Å². The second-order valence-corrected chi connectivity index (χ2v) is 4.05. The van der Waals surface area contributed by atoms with Gasteiger partial charge in [-0.1, -0.05) is 0 Å². The van der Waals surface area contributed by atoms with E-state index in [1.807, 2.05) is 0 Å². The predicted octanol–water partition coefficient (Wildman–Crippen LogP) is 1.13. The molecule has 0 amide bonds. The van der Waals surface area contributed by atoms with Crippen LogP contribution in [0, 0.1) is 0 Å². The second kappa shape index (κ2) is 4.94. The van der Waals surface area contributed by atoms with Gasteiger partial charge in [0.2, 0.25) is 0 Å². The molecule has 78 valence electrons. The number of ether oxygens (including phenoxy) is 2. The van der Waals surface area contributed by atoms with Crippen molar-refractivity contribution in [3.63, 3.8) is 0 Å². The van der Waals surface area contributed by atoms with Gasteiger partial charge in [0.05, 0.1) is 18.3 Å². The van der Waals surface area contributed by atoms with E-state index in [0.717, 1.165) is 19.5 Å². The van der Waals surface area contributed by atoms with Crippen LogP contribution in [-0.2, 0) is 9.47 Å². The van der Waals surface area contributed by atoms with Gasteiger partial charge in [0, 0.05) is 20.2 Å². The van der Waals surface area contributed by atoms with Crippen molar-refractivity contribution in [2.75, 3.05) is 27.2 Å². The lowest BCUT2D eigenvalue weighted by atomic mass is 10.1. The molecule has 3 nitrogen and oxygen atoms in total. The molecule has 0 saturated carbocycles. The van der Waals surface area contributed by atoms with Gasteiger partial charge in [0.25, 0.3) is 0 Å². The Hall–Kier alpha value is -0.120. The zero-order valence-corrected chi connectivity index (χ0v) is 9.12. The number of likely N-dealkylation sites (N-methyl/N-ethyl adjacent to an activating group) is 1. The first-order chi connectivity index (χ1) is 6.13. The third-order valence-corrected chi connectivity index (χ3v) is 2.45. The third-order valence-electron chi connectivity index (χ3n) is 2.45. The van der Waals surface area contributed by atoms with Crippen LogP contribution in [0.5, 0.6) is 0 Å². The first kappa shape index (κ1) is 11.0. The van der Waals surface area contributed by atoms with E-state index in [4.69, 9.17) is 9.47 Å². The van der Waals surface area contributed by atoms with Gasteiger partial charge in [-0.2, -0.15) is 0 Å². The van der Waals surface area contributed by atoms with E-state index in [9.17, 15) is 0 Å². The van der Waals surface area contributed by atoms with E-state index >= 15 is 0 Å². The maximum atomic E-state index is 5.79. The van der Waals surface area contributed by atoms with Gasteiger partial charge in [-0.05, 0) is 27.3 Å². The molecule has 1 heterocycles. The normalized spacial score (nSPS) is 31.2. The number of piperidine rings is 1. The minimum atomic E-state index is 0.237. The number of methoxy groups -OCH3 is 1. The smallest absolute Gasteiger partial charge is 0.0959 e. The number of nitrogens with zero attached hydrogens (tertiary/aromatic N) is 1. The van der Waals surface area contributed by atoms with Gasteiger partial charge >= 0.3 is 0 Å². The van der Waals surface area contributed by atoms with Crippen molar-refractivity contribution >= 4 is 0 Å². The van der Waals surface area contributed by atoms with Gasteiger partial charge < -0.3 is 14.4 Å². The summed E-state index contributed by atoms with van der Waals surface area (Å²) >= 11 is 0. The molecule has 1 aliphatic heterocycles. The minimum Gasteiger partial charge on any atom is -0.377 e. The van der Waals surface area contributed by atoms with Crippen molar-refractivity contribution < 1.29 is 9.47 Å². The zero-order valence-electron chi connectivity index (χ0n) is 9.12. The molecule has 0 aromatic heterocycles. The molecule has 13 heavy (non-hydrogen) atoms. The Morgan fingerprint density at radius 2 is 2.00 bits per heavy atom. The van der Waals surface area contributed by atoms with Gasteiger partial charge in [-0.25, -0.2) is 0 Å². The maximum absolute atomic E-state index is 5.79. The van der Waals surface area contributed by atoms with Gasteiger partial charge in [0.15, 0.2) is 0 Å². The fraction of sp³-hybridized carbons (Fsp3) is 1.00. The Balaban J connectivity index is 2.42. The minimum absolute atomic E-state index is 0.237. The lowest BCUT2D eigenvalue weighted by molar-refractivity contribution is -0.109. The first-order valence-corrected chi connectivity index (χ1v) is 5.00. The molecule has 0 N–H and O–H groups in total. The van der Waals surface area contributed by atoms with Crippen molar-refractivity contribution in [1.82, 2.24) is 4.90 Å². The predicted molar refractivity (Wildman–Crippen MR) is 52.9 cm³/mol. The molecule has 3 heteroatoms. The van der Waals surface area contributed by atoms with Crippen LogP contribution < -0.4 is 0 Å². The summed E-state index contributed by atoms with van der Waals surface area (Å²) in [5, 5.41) is 0. The summed E-state index contributed by atoms with van der Waals surface area (Å²) in [4.78, 5) is 2.29. The molecule has 2 atom stereocenters. The second-order valence-electron chi connectivity index (χ2n) is 4.05. The Morgan fingerprint density at radius 1 is 1.31 bits per heavy atom. The molecule has 0 radical (unpaired) electrons. The molecule has 1 rings (SSSR count). The quantitative estimate of drug-likeness (QED) is 0.661. The van der Waals surface area contributed by atoms with Crippen molar-refractivity contribution in [2.45, 2.75) is 38.6 Å². The lowest BCUT2D eigenvalue weighted by Gasteiger charge is -2.36. The fourth-order valence-corrected chi connectivity index (χ4v) is 1.78. The molecule has 0 bridgehead atoms. The summed E-state index contributed by atoms with van der Waals surface area (Å²) in [5.74, 6) is 0. The number of rotatable bonds is 3. The first-order valence-electron chi connectivity index (χ1n) is 5.00. The van der Waals surface area contributed by atoms with Crippen LogP contribution in [-0.4, -0.2) is 50.5 Å². The molecule has 0 aromatic rings. The number of hydrogen-bond donors (Lipinski definition) is 0. The van der Waals surface area contributed by atoms with E-state index < -0.39 is 0 Å². The van der Waals surface area contributed by atoms with E-state index in [0.29, 0.717) is 6.10 Å². The summed E-state index contributed by atoms with van der Waals surface area (Å²) < 4.78 is 11.2. The van der Waals surface area contributed by atoms with Gasteiger partial charge in [-0.15, -0.1) is 0 Å². The van der Waals surface area contributed by atoms with Crippen LogP contribution in [0.2, 0.25) is 0 Å². The van der Waals surface area contributed by atoms with Crippen molar-refractivity contribution in [1.29, 1.82) is 0 Å². The Kier molecular flexibility index (Phi) is 4.16. The molecule has 0 spiro atoms. The average molecular weight is 187 g/mol. The van der Waals surface area contributed by atoms with Crippen LogP contribution in [0.4, 0.5) is 0 Å². The average Bonchev–Trinajstić information content (AvgIpc) is 2.07. The van der Waals surface area contributed by atoms with Crippen LogP contribution in [0.1, 0.15) is 20.3 Å². The van der Waals surface area contributed by atoms with Gasteiger partial charge in [0.1, 0.15) is 0 Å². The summed E-state index contributed by atoms with van der Waals surface area (Å²) in [6.07, 6.45) is 1.89. The molecule has 1 fully saturated rings. The molecule has 1 aliphatic rings. The highest BCUT2D eigenvalue weighted by Gasteiger charge is 2.28. The zero-order chi connectivity index (χ0) is 9.84. The SMILES string of the molecule is CO[C@@H]1CN(C)CC[C@@H]1OC(C)C. The maximum Gasteiger partial charge on any atom is 0.0959 e. The lowest BCUT2D eigenvalue weighted by Crippen LogP contribution is -2.47. The standard InChI is InChI=1S/C10H21NO2/c1-8(2)13-9-5-6-11(3)7-10(9)12-4/h8-10H,5-7H2,1-4H3/t9-,10+/m0/s1. The van der Waals surface area contributed by atoms with Crippen LogP contribution in [0.3, 0.4) is 0 Å². The number of hydrogen-bond acceptors (Lipinski definition) is 3. The fourth-order valence-electron chi connectivity index (χ4n) is 1.78. The molecule has 0 aromatic carbocycles. The van der Waals surface area contributed by atoms with Crippen molar-refractivity contribution in [2.24, 2.45) is 0 Å². The largest absolute Gasteiger partial charge is 0.377 e. The van der Waals surface area contributed by atoms with Crippen LogP contribution in [0.25, 0.3) is 0 Å². The van der Waals surface area contributed by atoms with Crippen LogP contribution >= 0.6 is 0 Å². The Labute approximate surface area is 81.0 Å². The summed E-state index contributed by atoms with van der Waals surface area (Å²) in [5.41, 5.74) is 0. The monoisotopic (exact) mass is 187 g/mol. The number of likely N-dealkylation sites (tertiary alicyclic amines) is 1. The summed E-state index contributed by atoms with van der Waals surface area (Å²) in [6, 6.07) is 0. The van der Waals surface area contributed by atoms with Crippen molar-refractivity contribution in [3.05, 3.63) is 0 Å². The highest BCUT2D eigenvalue weighted by Crippen LogP contribution is 2.16. The Bertz CT molecular complexity index is 150. The summed E-state index contributed by atoms with van der Waals surface area (Å²) in [6.45, 7) is 6.24. The molecule has 1 saturated heterocycles. The topological polar surface area (TPSA) is 21.7 Å². The molecular formula is C10H21NO2. The molecular weight excluding hydrogens is 166 g/mol. The van der Waals surface area contributed by atoms with E-state index in [2.05, 4.69) is 25.8 Å². The van der Waals surface area contributed by atoms with Crippen molar-refractivity contribution in [3.8, 4) is 0 Å². The van der Waals surface area contributed by atoms with Crippen LogP contribution in [0.15, 0.2) is 0 Å². The van der Waals surface area contributed by atoms with E-state index in [-0.39, 0.29) is 12.2 Å². The molecule has 0 unspecified atom stereocenters. The summed E-state index contributed by atoms with van der Waals surface area (Å²) in [7, 11) is 3.89. The third kappa shape index (κ3) is 3.25. The highest BCUT2D eigenvalue weighted by molar-refractivity contribution is 4.80. The Morgan fingerprint density at radius 3 is 2.54 bits per heavy atom. The van der Waals surface area contributed by atoms with E-state index in [1.165, 1.54) is 0 Å². The highest BCUT2D eigenvalue weighted by atomic mass is 16.5. The molecule has 0 aliphatic carbocycles. The van der Waals surface area contributed by atoms with Gasteiger partial charge in [-0.3, -0.25) is 0 Å².